The Balaban J connectivity index is 1.67. The zero-order chi connectivity index (χ0) is 22.2. The lowest BCUT2D eigenvalue weighted by atomic mass is 10.2. The molecule has 0 aliphatic carbocycles. The van der Waals surface area contributed by atoms with Gasteiger partial charge >= 0.3 is 11.4 Å². The minimum absolute atomic E-state index is 0.157. The van der Waals surface area contributed by atoms with E-state index in [4.69, 9.17) is 4.74 Å². The van der Waals surface area contributed by atoms with Crippen LogP contribution in [0.5, 0.6) is 5.75 Å². The number of thiophene rings is 1. The number of rotatable bonds is 6. The molecule has 1 saturated heterocycles. The van der Waals surface area contributed by atoms with E-state index in [0.717, 1.165) is 41.6 Å². The van der Waals surface area contributed by atoms with Crippen molar-refractivity contribution in [1.29, 1.82) is 0 Å². The Morgan fingerprint density at radius 2 is 2.13 bits per heavy atom. The third kappa shape index (κ3) is 4.94. The summed E-state index contributed by atoms with van der Waals surface area (Å²) in [4.78, 5) is 29.4. The summed E-state index contributed by atoms with van der Waals surface area (Å²) in [5.41, 5.74) is 0.400. The number of amides is 1. The summed E-state index contributed by atoms with van der Waals surface area (Å²) in [5, 5.41) is 11.1. The van der Waals surface area contributed by atoms with Crippen molar-refractivity contribution in [2.24, 2.45) is 0 Å². The first-order chi connectivity index (χ1) is 14.7. The third-order valence-electron chi connectivity index (χ3n) is 4.45. The molecular weight excluding hydrogens is 459 g/mol. The number of nitro groups is 1. The molecule has 0 saturated carbocycles. The number of hydrogen-bond donors (Lipinski definition) is 0. The van der Waals surface area contributed by atoms with Gasteiger partial charge in [-0.3, -0.25) is 19.8 Å². The second-order valence-corrected chi connectivity index (χ2v) is 8.69. The van der Waals surface area contributed by atoms with Gasteiger partial charge in [-0.1, -0.05) is 22.7 Å². The zero-order valence-electron chi connectivity index (χ0n) is 15.6. The summed E-state index contributed by atoms with van der Waals surface area (Å²) in [6, 6.07) is 6.35. The first kappa shape index (κ1) is 21.5. The summed E-state index contributed by atoms with van der Waals surface area (Å²) >= 11 is 1.77. The van der Waals surface area contributed by atoms with Crippen LogP contribution in [0.1, 0.15) is 22.5 Å². The smallest absolute Gasteiger partial charge is 0.406 e. The fourth-order valence-electron chi connectivity index (χ4n) is 3.12. The van der Waals surface area contributed by atoms with E-state index in [1.165, 1.54) is 29.2 Å². The number of fused-ring (bicyclic) bond motifs is 1. The summed E-state index contributed by atoms with van der Waals surface area (Å²) in [6.07, 6.45) is -3.47. The Kier molecular flexibility index (Phi) is 5.81. The Morgan fingerprint density at radius 1 is 1.32 bits per heavy atom. The molecule has 1 aliphatic heterocycles. The fourth-order valence-corrected chi connectivity index (χ4v) is 4.89. The summed E-state index contributed by atoms with van der Waals surface area (Å²) in [6.45, 7) is 0.741. The van der Waals surface area contributed by atoms with Crippen molar-refractivity contribution in [2.45, 2.75) is 25.3 Å². The molecule has 1 atom stereocenters. The van der Waals surface area contributed by atoms with E-state index in [2.05, 4.69) is 9.72 Å². The quantitative estimate of drug-likeness (QED) is 0.370. The molecule has 2 aromatic heterocycles. The van der Waals surface area contributed by atoms with Crippen molar-refractivity contribution in [3.8, 4) is 5.75 Å². The maximum Gasteiger partial charge on any atom is 0.573 e. The largest absolute Gasteiger partial charge is 0.573 e. The standard InChI is InChI=1S/C18H14F3N3O5S2/c19-18(20,21)29-10-3-4-12-14(8-10)31-17(22-12)23(9-11-2-1-7-28-11)16(25)13-5-6-15(30-13)24(26)27/h3-6,8,11H,1-2,7,9H2. The number of ether oxygens (including phenoxy) is 2. The molecule has 0 spiro atoms. The molecule has 1 amide bonds. The molecule has 3 aromatic rings. The molecule has 0 N–H and O–H groups in total. The first-order valence-electron chi connectivity index (χ1n) is 9.03. The second kappa shape index (κ2) is 8.40. The highest BCUT2D eigenvalue weighted by Gasteiger charge is 2.32. The van der Waals surface area contributed by atoms with Gasteiger partial charge < -0.3 is 9.47 Å². The summed E-state index contributed by atoms with van der Waals surface area (Å²) in [7, 11) is 0. The molecule has 0 bridgehead atoms. The van der Waals surface area contributed by atoms with Gasteiger partial charge in [0.05, 0.1) is 32.7 Å². The average molecular weight is 473 g/mol. The molecule has 1 aliphatic rings. The molecule has 3 heterocycles. The van der Waals surface area contributed by atoms with Crippen LogP contribution in [-0.4, -0.2) is 41.4 Å². The number of benzene rings is 1. The SMILES string of the molecule is O=C(c1ccc([N+](=O)[O-])s1)N(CC1CCCO1)c1nc2ccc(OC(F)(F)F)cc2s1. The normalized spacial score (nSPS) is 16.5. The molecule has 164 valence electrons. The van der Waals surface area contributed by atoms with Crippen LogP contribution in [0.3, 0.4) is 0 Å². The van der Waals surface area contributed by atoms with Gasteiger partial charge in [0, 0.05) is 18.7 Å². The number of carbonyl (C=O) groups is 1. The average Bonchev–Trinajstić information content (AvgIpc) is 3.43. The number of thiazole rings is 1. The van der Waals surface area contributed by atoms with Gasteiger partial charge in [-0.25, -0.2) is 4.98 Å². The lowest BCUT2D eigenvalue weighted by Gasteiger charge is -2.22. The van der Waals surface area contributed by atoms with Crippen LogP contribution >= 0.6 is 22.7 Å². The monoisotopic (exact) mass is 473 g/mol. The van der Waals surface area contributed by atoms with Crippen LogP contribution in [0.25, 0.3) is 10.2 Å². The number of alkyl halides is 3. The number of halogens is 3. The van der Waals surface area contributed by atoms with E-state index in [1.54, 1.807) is 0 Å². The molecule has 13 heteroatoms. The zero-order valence-corrected chi connectivity index (χ0v) is 17.3. The highest BCUT2D eigenvalue weighted by Crippen LogP contribution is 2.35. The van der Waals surface area contributed by atoms with Crippen LogP contribution < -0.4 is 9.64 Å². The van der Waals surface area contributed by atoms with Crippen molar-refractivity contribution in [3.63, 3.8) is 0 Å². The van der Waals surface area contributed by atoms with Crippen LogP contribution in [0, 0.1) is 10.1 Å². The third-order valence-corrected chi connectivity index (χ3v) is 6.52. The molecule has 31 heavy (non-hydrogen) atoms. The van der Waals surface area contributed by atoms with Gasteiger partial charge in [0.25, 0.3) is 5.91 Å². The number of nitrogens with zero attached hydrogens (tertiary/aromatic N) is 3. The van der Waals surface area contributed by atoms with Crippen LogP contribution in [0.4, 0.5) is 23.3 Å². The first-order valence-corrected chi connectivity index (χ1v) is 10.7. The Bertz CT molecular complexity index is 1120. The summed E-state index contributed by atoms with van der Waals surface area (Å²) in [5.74, 6) is -0.875. The predicted octanol–water partition coefficient (Wildman–Crippen LogP) is 4.99. The minimum Gasteiger partial charge on any atom is -0.406 e. The molecule has 0 radical (unpaired) electrons. The molecule has 1 unspecified atom stereocenters. The predicted molar refractivity (Wildman–Crippen MR) is 108 cm³/mol. The number of anilines is 1. The molecule has 8 nitrogen and oxygen atoms in total. The van der Waals surface area contributed by atoms with E-state index in [-0.39, 0.29) is 33.4 Å². The van der Waals surface area contributed by atoms with E-state index >= 15 is 0 Å². The van der Waals surface area contributed by atoms with E-state index in [1.807, 2.05) is 0 Å². The lowest BCUT2D eigenvalue weighted by molar-refractivity contribution is -0.380. The van der Waals surface area contributed by atoms with E-state index < -0.39 is 17.2 Å². The van der Waals surface area contributed by atoms with Crippen LogP contribution in [0.15, 0.2) is 30.3 Å². The van der Waals surface area contributed by atoms with E-state index in [9.17, 15) is 28.1 Å². The number of aromatic nitrogens is 1. The van der Waals surface area contributed by atoms with Crippen molar-refractivity contribution >= 4 is 48.9 Å². The Morgan fingerprint density at radius 3 is 2.77 bits per heavy atom. The van der Waals surface area contributed by atoms with Gasteiger partial charge in [-0.05, 0) is 31.0 Å². The van der Waals surface area contributed by atoms with Crippen LogP contribution in [-0.2, 0) is 4.74 Å². The maximum absolute atomic E-state index is 13.2. The maximum atomic E-state index is 13.2. The van der Waals surface area contributed by atoms with Crippen molar-refractivity contribution < 1.29 is 32.4 Å². The van der Waals surface area contributed by atoms with Gasteiger partial charge in [0.15, 0.2) is 5.13 Å². The second-order valence-electron chi connectivity index (χ2n) is 6.62. The van der Waals surface area contributed by atoms with Crippen LogP contribution in [0.2, 0.25) is 0 Å². The topological polar surface area (TPSA) is 94.8 Å². The van der Waals surface area contributed by atoms with Gasteiger partial charge in [-0.15, -0.1) is 13.2 Å². The number of carbonyl (C=O) groups excluding carboxylic acids is 1. The highest BCUT2D eigenvalue weighted by molar-refractivity contribution is 7.22. The van der Waals surface area contributed by atoms with Crippen molar-refractivity contribution in [3.05, 3.63) is 45.3 Å². The highest BCUT2D eigenvalue weighted by atomic mass is 32.1. The molecular formula is C18H14F3N3O5S2. The molecule has 4 rings (SSSR count). The number of hydrogen-bond acceptors (Lipinski definition) is 8. The van der Waals surface area contributed by atoms with Crippen molar-refractivity contribution in [1.82, 2.24) is 4.98 Å². The minimum atomic E-state index is -4.82. The van der Waals surface area contributed by atoms with Crippen molar-refractivity contribution in [2.75, 3.05) is 18.1 Å². The Hall–Kier alpha value is -2.77. The Labute approximate surface area is 181 Å². The van der Waals surface area contributed by atoms with Gasteiger partial charge in [0.2, 0.25) is 0 Å². The van der Waals surface area contributed by atoms with Gasteiger partial charge in [-0.2, -0.15) is 0 Å². The lowest BCUT2D eigenvalue weighted by Crippen LogP contribution is -2.37. The fraction of sp³-hybridized carbons (Fsp3) is 0.333. The molecule has 1 fully saturated rings. The van der Waals surface area contributed by atoms with Gasteiger partial charge in [0.1, 0.15) is 5.75 Å². The summed E-state index contributed by atoms with van der Waals surface area (Å²) < 4.78 is 47.5. The van der Waals surface area contributed by atoms with E-state index in [0.29, 0.717) is 16.8 Å². The molecule has 1 aromatic carbocycles.